The molecule has 0 radical (unpaired) electrons. The Bertz CT molecular complexity index is 545. The summed E-state index contributed by atoms with van der Waals surface area (Å²) in [5, 5.41) is 11.6. The Labute approximate surface area is 112 Å². The highest BCUT2D eigenvalue weighted by Crippen LogP contribution is 2.27. The normalized spacial score (nSPS) is 10.8. The molecular weight excluding hydrogens is 242 g/mol. The smallest absolute Gasteiger partial charge is 0.136 e. The molecule has 5 nitrogen and oxygen atoms in total. The van der Waals surface area contributed by atoms with Gasteiger partial charge in [0.1, 0.15) is 11.6 Å². The lowest BCUT2D eigenvalue weighted by atomic mass is 10.1. The maximum atomic E-state index is 9.65. The third-order valence-corrected chi connectivity index (χ3v) is 2.99. The molecule has 0 bridgehead atoms. The van der Waals surface area contributed by atoms with Crippen LogP contribution in [0.15, 0.2) is 30.5 Å². The number of methoxy groups -OCH3 is 1. The molecule has 3 N–H and O–H groups in total. The number of phenols is 1. The van der Waals surface area contributed by atoms with Gasteiger partial charge in [-0.15, -0.1) is 0 Å². The van der Waals surface area contributed by atoms with Crippen molar-refractivity contribution in [3.63, 3.8) is 0 Å². The Hall–Kier alpha value is -1.85. The van der Waals surface area contributed by atoms with Gasteiger partial charge in [-0.1, -0.05) is 6.07 Å². The molecule has 102 valence electrons. The lowest BCUT2D eigenvalue weighted by Gasteiger charge is -2.24. The number of hydrogen-bond donors (Lipinski definition) is 2. The molecule has 0 saturated carbocycles. The first kappa shape index (κ1) is 13.6. The highest BCUT2D eigenvalue weighted by Gasteiger charge is 2.11. The number of fused-ring (bicyclic) bond motifs is 1. The number of nitrogens with two attached hydrogens (primary N) is 1. The zero-order valence-corrected chi connectivity index (χ0v) is 11.0. The predicted molar refractivity (Wildman–Crippen MR) is 76.6 cm³/mol. The summed E-state index contributed by atoms with van der Waals surface area (Å²) in [7, 11) is 1.67. The average molecular weight is 261 g/mol. The van der Waals surface area contributed by atoms with Crippen molar-refractivity contribution in [1.82, 2.24) is 4.98 Å². The Morgan fingerprint density at radius 1 is 1.32 bits per heavy atom. The van der Waals surface area contributed by atoms with Crippen LogP contribution in [0.1, 0.15) is 0 Å². The van der Waals surface area contributed by atoms with E-state index in [4.69, 9.17) is 10.5 Å². The number of pyridine rings is 1. The number of ether oxygens (including phenoxy) is 1. The molecular formula is C14H19N3O2. The zero-order valence-electron chi connectivity index (χ0n) is 11.0. The molecule has 1 heterocycles. The van der Waals surface area contributed by atoms with Gasteiger partial charge in [0.25, 0.3) is 0 Å². The molecule has 0 aliphatic carbocycles. The lowest BCUT2D eigenvalue weighted by molar-refractivity contribution is 0.205. The van der Waals surface area contributed by atoms with Crippen LogP contribution < -0.4 is 10.6 Å². The largest absolute Gasteiger partial charge is 0.508 e. The second kappa shape index (κ2) is 6.36. The van der Waals surface area contributed by atoms with Crippen LogP contribution in [0.4, 0.5) is 5.82 Å². The van der Waals surface area contributed by atoms with E-state index in [0.29, 0.717) is 19.7 Å². The van der Waals surface area contributed by atoms with Gasteiger partial charge in [-0.25, -0.2) is 4.98 Å². The summed E-state index contributed by atoms with van der Waals surface area (Å²) in [4.78, 5) is 6.50. The van der Waals surface area contributed by atoms with Crippen LogP contribution in [-0.2, 0) is 4.74 Å². The molecule has 0 aliphatic heterocycles. The third-order valence-electron chi connectivity index (χ3n) is 2.99. The molecule has 2 aromatic rings. The van der Waals surface area contributed by atoms with Gasteiger partial charge < -0.3 is 20.5 Å². The van der Waals surface area contributed by atoms with Crippen molar-refractivity contribution in [2.24, 2.45) is 5.73 Å². The number of hydrogen-bond acceptors (Lipinski definition) is 5. The Morgan fingerprint density at radius 3 is 2.89 bits per heavy atom. The standard InChI is InChI=1S/C14H19N3O2/c1-19-9-8-17(7-5-15)14-13-10-12(18)3-2-11(13)4-6-16-14/h2-4,6,10,18H,5,7-9,15H2,1H3. The minimum atomic E-state index is 0.237. The summed E-state index contributed by atoms with van der Waals surface area (Å²) in [6, 6.07) is 7.21. The van der Waals surface area contributed by atoms with Crippen LogP contribution in [-0.4, -0.2) is 43.4 Å². The fraction of sp³-hybridized carbons (Fsp3) is 0.357. The first-order valence-corrected chi connectivity index (χ1v) is 6.28. The second-order valence-corrected chi connectivity index (χ2v) is 4.31. The summed E-state index contributed by atoms with van der Waals surface area (Å²) < 4.78 is 5.12. The van der Waals surface area contributed by atoms with E-state index < -0.39 is 0 Å². The van der Waals surface area contributed by atoms with Gasteiger partial charge in [0.2, 0.25) is 0 Å². The fourth-order valence-corrected chi connectivity index (χ4v) is 2.07. The molecule has 0 unspecified atom stereocenters. The van der Waals surface area contributed by atoms with Gasteiger partial charge in [0.05, 0.1) is 6.61 Å². The molecule has 2 rings (SSSR count). The van der Waals surface area contributed by atoms with E-state index >= 15 is 0 Å². The van der Waals surface area contributed by atoms with Crippen molar-refractivity contribution >= 4 is 16.6 Å². The first-order valence-electron chi connectivity index (χ1n) is 6.28. The van der Waals surface area contributed by atoms with Gasteiger partial charge in [-0.05, 0) is 23.6 Å². The van der Waals surface area contributed by atoms with Gasteiger partial charge in [-0.2, -0.15) is 0 Å². The Balaban J connectivity index is 2.42. The van der Waals surface area contributed by atoms with Crippen molar-refractivity contribution in [3.8, 4) is 5.75 Å². The van der Waals surface area contributed by atoms with Crippen molar-refractivity contribution in [2.75, 3.05) is 38.3 Å². The minimum Gasteiger partial charge on any atom is -0.508 e. The highest BCUT2D eigenvalue weighted by molar-refractivity contribution is 5.93. The van der Waals surface area contributed by atoms with Crippen LogP contribution in [0.25, 0.3) is 10.8 Å². The summed E-state index contributed by atoms with van der Waals surface area (Å²) in [5.41, 5.74) is 5.65. The van der Waals surface area contributed by atoms with Crippen LogP contribution in [0.5, 0.6) is 5.75 Å². The fourth-order valence-electron chi connectivity index (χ4n) is 2.07. The first-order chi connectivity index (χ1) is 9.26. The van der Waals surface area contributed by atoms with Crippen LogP contribution >= 0.6 is 0 Å². The monoisotopic (exact) mass is 261 g/mol. The SMILES string of the molecule is COCCN(CCN)c1nccc2ccc(O)cc12. The molecule has 0 saturated heterocycles. The van der Waals surface area contributed by atoms with E-state index in [0.717, 1.165) is 23.1 Å². The number of anilines is 1. The van der Waals surface area contributed by atoms with Gasteiger partial charge in [-0.3, -0.25) is 0 Å². The zero-order chi connectivity index (χ0) is 13.7. The number of benzene rings is 1. The number of rotatable bonds is 6. The molecule has 1 aromatic carbocycles. The predicted octanol–water partition coefficient (Wildman–Crippen LogP) is 1.35. The molecule has 0 spiro atoms. The highest BCUT2D eigenvalue weighted by atomic mass is 16.5. The average Bonchev–Trinajstić information content (AvgIpc) is 2.43. The van der Waals surface area contributed by atoms with E-state index in [1.165, 1.54) is 0 Å². The van der Waals surface area contributed by atoms with Crippen molar-refractivity contribution in [1.29, 1.82) is 0 Å². The van der Waals surface area contributed by atoms with Gasteiger partial charge >= 0.3 is 0 Å². The number of phenolic OH excluding ortho intramolecular Hbond substituents is 1. The molecule has 0 atom stereocenters. The second-order valence-electron chi connectivity index (χ2n) is 4.31. The maximum absolute atomic E-state index is 9.65. The number of aromatic hydroxyl groups is 1. The lowest BCUT2D eigenvalue weighted by Crippen LogP contribution is -2.33. The van der Waals surface area contributed by atoms with Crippen molar-refractivity contribution in [3.05, 3.63) is 30.5 Å². The van der Waals surface area contributed by atoms with Crippen LogP contribution in [0.3, 0.4) is 0 Å². The van der Waals surface area contributed by atoms with E-state index in [1.54, 1.807) is 25.4 Å². The van der Waals surface area contributed by atoms with Crippen molar-refractivity contribution in [2.45, 2.75) is 0 Å². The summed E-state index contributed by atoms with van der Waals surface area (Å²) >= 11 is 0. The van der Waals surface area contributed by atoms with E-state index in [9.17, 15) is 5.11 Å². The Kier molecular flexibility index (Phi) is 4.54. The molecule has 0 fully saturated rings. The Morgan fingerprint density at radius 2 is 2.16 bits per heavy atom. The third kappa shape index (κ3) is 3.13. The number of nitrogens with zero attached hydrogens (tertiary/aromatic N) is 2. The summed E-state index contributed by atoms with van der Waals surface area (Å²) in [6.45, 7) is 2.57. The maximum Gasteiger partial charge on any atom is 0.136 e. The summed E-state index contributed by atoms with van der Waals surface area (Å²) in [6.07, 6.45) is 1.77. The molecule has 0 amide bonds. The van der Waals surface area contributed by atoms with E-state index in [-0.39, 0.29) is 5.75 Å². The molecule has 0 aliphatic rings. The van der Waals surface area contributed by atoms with Gasteiger partial charge in [0.15, 0.2) is 0 Å². The van der Waals surface area contributed by atoms with E-state index in [2.05, 4.69) is 9.88 Å². The molecule has 5 heteroatoms. The quantitative estimate of drug-likeness (QED) is 0.821. The van der Waals surface area contributed by atoms with Crippen molar-refractivity contribution < 1.29 is 9.84 Å². The molecule has 19 heavy (non-hydrogen) atoms. The van der Waals surface area contributed by atoms with E-state index in [1.807, 2.05) is 12.1 Å². The van der Waals surface area contributed by atoms with Crippen LogP contribution in [0, 0.1) is 0 Å². The van der Waals surface area contributed by atoms with Crippen LogP contribution in [0.2, 0.25) is 0 Å². The topological polar surface area (TPSA) is 71.6 Å². The number of aromatic nitrogens is 1. The molecule has 1 aromatic heterocycles. The minimum absolute atomic E-state index is 0.237. The van der Waals surface area contributed by atoms with Gasteiger partial charge in [0, 0.05) is 38.3 Å². The summed E-state index contributed by atoms with van der Waals surface area (Å²) in [5.74, 6) is 1.07.